The Bertz CT molecular complexity index is 703. The van der Waals surface area contributed by atoms with E-state index in [9.17, 15) is 4.57 Å². The summed E-state index contributed by atoms with van der Waals surface area (Å²) in [6, 6.07) is 18.3. The second-order valence-corrected chi connectivity index (χ2v) is 9.47. The summed E-state index contributed by atoms with van der Waals surface area (Å²) in [5, 5.41) is 1.80. The Hall–Kier alpha value is -1.57. The van der Waals surface area contributed by atoms with Crippen LogP contribution in [-0.2, 0) is 4.57 Å². The lowest BCUT2D eigenvalue weighted by Gasteiger charge is -2.39. The molecule has 0 aromatic heterocycles. The molecule has 2 rings (SSSR count). The zero-order chi connectivity index (χ0) is 17.9. The second-order valence-electron chi connectivity index (χ2n) is 6.86. The quantitative estimate of drug-likeness (QED) is 0.737. The lowest BCUT2D eigenvalue weighted by Crippen LogP contribution is -2.42. The van der Waals surface area contributed by atoms with E-state index in [2.05, 4.69) is 32.4 Å². The van der Waals surface area contributed by atoms with E-state index >= 15 is 0 Å². The third-order valence-electron chi connectivity index (χ3n) is 4.18. The van der Waals surface area contributed by atoms with Crippen molar-refractivity contribution in [3.05, 3.63) is 54.6 Å². The van der Waals surface area contributed by atoms with E-state index < -0.39 is 7.29 Å². The number of benzene rings is 2. The Kier molecular flexibility index (Phi) is 5.90. The van der Waals surface area contributed by atoms with Gasteiger partial charge in [-0.3, -0.25) is 4.57 Å². The standard InChI is InChI=1S/C20H29N2OP/c1-16(2)22(17(3)4)24(23,18-12-8-7-9-13-18)20-15-11-10-14-19(20)21(5)6/h7-17H,1-6H3. The molecule has 1 unspecified atom stereocenters. The Labute approximate surface area is 146 Å². The zero-order valence-electron chi connectivity index (χ0n) is 15.6. The van der Waals surface area contributed by atoms with Crippen LogP contribution in [0.1, 0.15) is 27.7 Å². The van der Waals surface area contributed by atoms with Crippen LogP contribution in [0.3, 0.4) is 0 Å². The lowest BCUT2D eigenvalue weighted by atomic mass is 10.3. The van der Waals surface area contributed by atoms with E-state index in [1.54, 1.807) is 0 Å². The van der Waals surface area contributed by atoms with Gasteiger partial charge in [0, 0.05) is 37.2 Å². The number of para-hydroxylation sites is 1. The molecular weight excluding hydrogens is 315 g/mol. The maximum atomic E-state index is 14.6. The van der Waals surface area contributed by atoms with Crippen LogP contribution in [0.5, 0.6) is 0 Å². The van der Waals surface area contributed by atoms with Crippen LogP contribution >= 0.6 is 7.29 Å². The van der Waals surface area contributed by atoms with Crippen molar-refractivity contribution in [3.63, 3.8) is 0 Å². The highest BCUT2D eigenvalue weighted by Crippen LogP contribution is 2.52. The van der Waals surface area contributed by atoms with Gasteiger partial charge in [-0.2, -0.15) is 0 Å². The predicted molar refractivity (Wildman–Crippen MR) is 106 cm³/mol. The highest BCUT2D eigenvalue weighted by molar-refractivity contribution is 7.77. The first-order valence-electron chi connectivity index (χ1n) is 8.51. The molecule has 0 aliphatic rings. The Morgan fingerprint density at radius 2 is 1.29 bits per heavy atom. The minimum Gasteiger partial charge on any atom is -0.377 e. The van der Waals surface area contributed by atoms with Gasteiger partial charge < -0.3 is 4.90 Å². The summed E-state index contributed by atoms with van der Waals surface area (Å²) in [6.07, 6.45) is 0. The van der Waals surface area contributed by atoms with Crippen LogP contribution in [0, 0.1) is 0 Å². The summed E-state index contributed by atoms with van der Waals surface area (Å²) < 4.78 is 16.8. The molecule has 2 aromatic rings. The summed E-state index contributed by atoms with van der Waals surface area (Å²) in [6.45, 7) is 8.48. The summed E-state index contributed by atoms with van der Waals surface area (Å²) in [7, 11) is 1.06. The average molecular weight is 344 g/mol. The van der Waals surface area contributed by atoms with E-state index in [4.69, 9.17) is 0 Å². The first-order valence-corrected chi connectivity index (χ1v) is 10.2. The fourth-order valence-corrected chi connectivity index (χ4v) is 6.92. The third kappa shape index (κ3) is 3.43. The largest absolute Gasteiger partial charge is 0.377 e. The summed E-state index contributed by atoms with van der Waals surface area (Å²) in [4.78, 5) is 2.05. The SMILES string of the molecule is CC(C)N(C(C)C)P(=O)(c1ccccc1)c1ccccc1N(C)C. The predicted octanol–water partition coefficient (Wildman–Crippen LogP) is 4.10. The lowest BCUT2D eigenvalue weighted by molar-refractivity contribution is 0.307. The van der Waals surface area contributed by atoms with Crippen LogP contribution in [0.25, 0.3) is 0 Å². The molecule has 0 aliphatic heterocycles. The number of hydrogen-bond acceptors (Lipinski definition) is 2. The van der Waals surface area contributed by atoms with Gasteiger partial charge >= 0.3 is 0 Å². The fourth-order valence-electron chi connectivity index (χ4n) is 3.37. The number of hydrogen-bond donors (Lipinski definition) is 0. The molecule has 0 saturated heterocycles. The molecule has 3 nitrogen and oxygen atoms in total. The molecule has 0 fully saturated rings. The fraction of sp³-hybridized carbons (Fsp3) is 0.400. The summed E-state index contributed by atoms with van der Waals surface area (Å²) in [5.74, 6) is 0. The summed E-state index contributed by atoms with van der Waals surface area (Å²) in [5.41, 5.74) is 1.01. The normalized spacial score (nSPS) is 14.2. The summed E-state index contributed by atoms with van der Waals surface area (Å²) >= 11 is 0. The van der Waals surface area contributed by atoms with Crippen molar-refractivity contribution in [2.75, 3.05) is 19.0 Å². The molecule has 1 atom stereocenters. The van der Waals surface area contributed by atoms with Gasteiger partial charge in [-0.1, -0.05) is 30.3 Å². The van der Waals surface area contributed by atoms with Gasteiger partial charge in [-0.15, -0.1) is 0 Å². The molecule has 0 heterocycles. The van der Waals surface area contributed by atoms with E-state index in [1.165, 1.54) is 0 Å². The molecule has 4 heteroatoms. The maximum Gasteiger partial charge on any atom is 0.209 e. The van der Waals surface area contributed by atoms with Gasteiger partial charge in [0.2, 0.25) is 7.29 Å². The van der Waals surface area contributed by atoms with Crippen molar-refractivity contribution in [2.24, 2.45) is 0 Å². The van der Waals surface area contributed by atoms with Crippen LogP contribution in [0.15, 0.2) is 54.6 Å². The van der Waals surface area contributed by atoms with E-state index in [1.807, 2.05) is 73.6 Å². The number of rotatable bonds is 6. The Balaban J connectivity index is 2.81. The first kappa shape index (κ1) is 18.8. The average Bonchev–Trinajstić information content (AvgIpc) is 2.54. The highest BCUT2D eigenvalue weighted by atomic mass is 31.2. The molecule has 0 bridgehead atoms. The first-order chi connectivity index (χ1) is 11.3. The number of anilines is 1. The molecule has 0 spiro atoms. The molecule has 130 valence electrons. The zero-order valence-corrected chi connectivity index (χ0v) is 16.5. The van der Waals surface area contributed by atoms with Gasteiger partial charge in [-0.05, 0) is 52.0 Å². The molecular formula is C20H29N2OP. The Morgan fingerprint density at radius 3 is 1.79 bits per heavy atom. The van der Waals surface area contributed by atoms with E-state index in [0.29, 0.717) is 0 Å². The minimum absolute atomic E-state index is 0.172. The monoisotopic (exact) mass is 344 g/mol. The van der Waals surface area contributed by atoms with Crippen molar-refractivity contribution in [1.82, 2.24) is 4.67 Å². The molecule has 0 amide bonds. The van der Waals surface area contributed by atoms with Gasteiger partial charge in [0.25, 0.3) is 0 Å². The van der Waals surface area contributed by atoms with Gasteiger partial charge in [0.15, 0.2) is 0 Å². The third-order valence-corrected chi connectivity index (χ3v) is 7.78. The molecule has 0 N–H and O–H groups in total. The van der Waals surface area contributed by atoms with Crippen molar-refractivity contribution < 1.29 is 4.57 Å². The van der Waals surface area contributed by atoms with Gasteiger partial charge in [-0.25, -0.2) is 4.67 Å². The number of nitrogens with zero attached hydrogens (tertiary/aromatic N) is 2. The van der Waals surface area contributed by atoms with E-state index in [0.717, 1.165) is 16.3 Å². The van der Waals surface area contributed by atoms with Crippen LogP contribution in [-0.4, -0.2) is 30.8 Å². The van der Waals surface area contributed by atoms with Crippen molar-refractivity contribution in [1.29, 1.82) is 0 Å². The topological polar surface area (TPSA) is 23.6 Å². The van der Waals surface area contributed by atoms with Gasteiger partial charge in [0.1, 0.15) is 0 Å². The molecule has 24 heavy (non-hydrogen) atoms. The molecule has 2 aromatic carbocycles. The van der Waals surface area contributed by atoms with Crippen LogP contribution in [0.2, 0.25) is 0 Å². The smallest absolute Gasteiger partial charge is 0.209 e. The maximum absolute atomic E-state index is 14.6. The van der Waals surface area contributed by atoms with E-state index in [-0.39, 0.29) is 12.1 Å². The van der Waals surface area contributed by atoms with Crippen LogP contribution < -0.4 is 15.5 Å². The minimum atomic E-state index is -2.95. The van der Waals surface area contributed by atoms with Crippen molar-refractivity contribution in [2.45, 2.75) is 39.8 Å². The van der Waals surface area contributed by atoms with Crippen LogP contribution in [0.4, 0.5) is 5.69 Å². The molecule has 0 radical (unpaired) electrons. The molecule has 0 saturated carbocycles. The molecule has 0 aliphatic carbocycles. The second kappa shape index (κ2) is 7.55. The van der Waals surface area contributed by atoms with Crippen molar-refractivity contribution in [3.8, 4) is 0 Å². The highest BCUT2D eigenvalue weighted by Gasteiger charge is 2.39. The van der Waals surface area contributed by atoms with Crippen molar-refractivity contribution >= 4 is 23.6 Å². The van der Waals surface area contributed by atoms with Gasteiger partial charge in [0.05, 0.1) is 5.30 Å². The Morgan fingerprint density at radius 1 is 0.792 bits per heavy atom.